The number of hydrogen-bond donors (Lipinski definition) is 1. The van der Waals surface area contributed by atoms with Gasteiger partial charge in [0, 0.05) is 5.69 Å². The molecule has 1 rings (SSSR count). The molecule has 10 heavy (non-hydrogen) atoms. The topological polar surface area (TPSA) is 26.0 Å². The monoisotopic (exact) mass is 155 g/mol. The summed E-state index contributed by atoms with van der Waals surface area (Å²) in [6.45, 7) is 2.00. The van der Waals surface area contributed by atoms with E-state index in [2.05, 4.69) is 0 Å². The molecule has 0 radical (unpaired) electrons. The average molecular weight is 155 g/mol. The number of nitrogen functional groups attached to an aromatic ring is 1. The van der Waals surface area contributed by atoms with Crippen LogP contribution in [-0.2, 0) is 0 Å². The van der Waals surface area contributed by atoms with Gasteiger partial charge in [-0.2, -0.15) is 0 Å². The molecule has 1 aromatic carbocycles. The molecule has 0 saturated carbocycles. The Labute approximate surface area is 109 Å². The molecule has 0 unspecified atom stereocenters. The summed E-state index contributed by atoms with van der Waals surface area (Å²) in [4.78, 5) is 0. The van der Waals surface area contributed by atoms with Crippen LogP contribution in [0.25, 0.3) is 0 Å². The van der Waals surface area contributed by atoms with Gasteiger partial charge in [-0.15, -0.1) is 0 Å². The molecule has 0 amide bonds. The van der Waals surface area contributed by atoms with Crippen LogP contribution >= 0.6 is 0 Å². The minimum absolute atomic E-state index is 0. The van der Waals surface area contributed by atoms with E-state index in [9.17, 15) is 0 Å². The molecule has 0 aliphatic rings. The van der Waals surface area contributed by atoms with Gasteiger partial charge in [0.2, 0.25) is 0 Å². The molecule has 1 aromatic rings. The van der Waals surface area contributed by atoms with E-state index in [0.717, 1.165) is 11.3 Å². The van der Waals surface area contributed by atoms with Crippen molar-refractivity contribution in [1.82, 2.24) is 0 Å². The van der Waals surface area contributed by atoms with E-state index in [4.69, 9.17) is 5.73 Å². The molecule has 0 heterocycles. The average Bonchev–Trinajstić information content (AvgIpc) is 1.77. The number of rotatable bonds is 0. The van der Waals surface area contributed by atoms with Crippen molar-refractivity contribution in [2.24, 2.45) is 0 Å². The fourth-order valence-corrected chi connectivity index (χ4v) is 0.587. The zero-order valence-corrected chi connectivity index (χ0v) is 10.9. The van der Waals surface area contributed by atoms with Crippen LogP contribution in [0.15, 0.2) is 24.3 Å². The van der Waals surface area contributed by atoms with Gasteiger partial charge in [-0.3, -0.25) is 0 Å². The number of hydrogen-bond acceptors (Lipinski definition) is 1. The van der Waals surface area contributed by atoms with E-state index in [1.54, 1.807) is 0 Å². The van der Waals surface area contributed by atoms with Gasteiger partial charge in [0.25, 0.3) is 0 Å². The summed E-state index contributed by atoms with van der Waals surface area (Å²) in [6.07, 6.45) is 0. The first kappa shape index (κ1) is 13.6. The van der Waals surface area contributed by atoms with Crippen LogP contribution in [0.5, 0.6) is 0 Å². The normalized spacial score (nSPS) is 7.30. The fourth-order valence-electron chi connectivity index (χ4n) is 0.587. The zero-order valence-electron chi connectivity index (χ0n) is 8.89. The molecule has 0 spiro atoms. The summed E-state index contributed by atoms with van der Waals surface area (Å²) in [5.41, 5.74) is 7.53. The van der Waals surface area contributed by atoms with Crippen LogP contribution < -0.4 is 64.8 Å². The number of aryl methyl sites for hydroxylation is 1. The molecular formula is C7H11NNa2. The maximum Gasteiger partial charge on any atom is 1.00 e. The van der Waals surface area contributed by atoms with Crippen LogP contribution in [0, 0.1) is 6.92 Å². The first-order valence-electron chi connectivity index (χ1n) is 2.62. The van der Waals surface area contributed by atoms with Gasteiger partial charge in [-0.1, -0.05) is 18.2 Å². The van der Waals surface area contributed by atoms with Gasteiger partial charge < -0.3 is 8.59 Å². The Kier molecular flexibility index (Phi) is 9.13. The number of benzene rings is 1. The van der Waals surface area contributed by atoms with Crippen molar-refractivity contribution in [3.05, 3.63) is 29.8 Å². The Morgan fingerprint density at radius 1 is 1.20 bits per heavy atom. The Hall–Kier alpha value is 1.02. The van der Waals surface area contributed by atoms with E-state index in [1.807, 2.05) is 31.2 Å². The second kappa shape index (κ2) is 6.71. The Morgan fingerprint density at radius 3 is 2.00 bits per heavy atom. The van der Waals surface area contributed by atoms with Crippen LogP contribution in [0.2, 0.25) is 0 Å². The summed E-state index contributed by atoms with van der Waals surface area (Å²) in [6, 6.07) is 7.80. The van der Waals surface area contributed by atoms with Crippen LogP contribution in [0.4, 0.5) is 5.69 Å². The van der Waals surface area contributed by atoms with E-state index in [-0.39, 0.29) is 62.0 Å². The smallest absolute Gasteiger partial charge is 1.00 e. The quantitative estimate of drug-likeness (QED) is 0.298. The van der Waals surface area contributed by atoms with Crippen molar-refractivity contribution in [2.45, 2.75) is 6.92 Å². The fraction of sp³-hybridized carbons (Fsp3) is 0.143. The molecule has 2 N–H and O–H groups in total. The van der Waals surface area contributed by atoms with Gasteiger partial charge in [0.15, 0.2) is 0 Å². The van der Waals surface area contributed by atoms with Crippen molar-refractivity contribution in [3.63, 3.8) is 0 Å². The van der Waals surface area contributed by atoms with E-state index in [0.29, 0.717) is 0 Å². The Bertz CT molecular complexity index is 176. The van der Waals surface area contributed by atoms with Crippen molar-refractivity contribution in [2.75, 3.05) is 5.73 Å². The number of para-hydroxylation sites is 1. The van der Waals surface area contributed by atoms with E-state index >= 15 is 0 Å². The molecule has 0 bridgehead atoms. The largest absolute Gasteiger partial charge is 1.00 e. The van der Waals surface area contributed by atoms with Crippen LogP contribution in [0.3, 0.4) is 0 Å². The maximum absolute atomic E-state index is 5.52. The van der Waals surface area contributed by atoms with Gasteiger partial charge in [0.05, 0.1) is 0 Å². The minimum Gasteiger partial charge on any atom is -1.00 e. The van der Waals surface area contributed by atoms with Gasteiger partial charge in [-0.05, 0) is 18.6 Å². The second-order valence-electron chi connectivity index (χ2n) is 1.86. The Balaban J connectivity index is -0.0000000800. The third-order valence-corrected chi connectivity index (χ3v) is 1.19. The molecule has 0 aliphatic heterocycles. The predicted molar refractivity (Wildman–Crippen MR) is 37.8 cm³/mol. The van der Waals surface area contributed by atoms with Crippen molar-refractivity contribution in [1.29, 1.82) is 0 Å². The summed E-state index contributed by atoms with van der Waals surface area (Å²) in [5, 5.41) is 0. The molecule has 0 atom stereocenters. The molecular weight excluding hydrogens is 144 g/mol. The van der Waals surface area contributed by atoms with Crippen LogP contribution in [0.1, 0.15) is 8.42 Å². The standard InChI is InChI=1S/C7H9N.2Na.2H/c1-6-4-2-3-5-7(6)8;;;;/h2-5H,8H2,1H3;;;;/q;2*+1;2*-1. The molecule has 0 fully saturated rings. The Morgan fingerprint density at radius 2 is 1.70 bits per heavy atom. The second-order valence-corrected chi connectivity index (χ2v) is 1.86. The van der Waals surface area contributed by atoms with Gasteiger partial charge in [0.1, 0.15) is 0 Å². The molecule has 0 saturated heterocycles. The first-order valence-corrected chi connectivity index (χ1v) is 2.62. The van der Waals surface area contributed by atoms with Gasteiger partial charge >= 0.3 is 59.1 Å². The van der Waals surface area contributed by atoms with Crippen LogP contribution in [-0.4, -0.2) is 0 Å². The SMILES string of the molecule is Cc1ccccc1N.[H-].[H-].[Na+].[Na+]. The van der Waals surface area contributed by atoms with Gasteiger partial charge in [-0.25, -0.2) is 0 Å². The van der Waals surface area contributed by atoms with Crippen molar-refractivity contribution in [3.8, 4) is 0 Å². The third kappa shape index (κ3) is 4.02. The summed E-state index contributed by atoms with van der Waals surface area (Å²) in [5.74, 6) is 0. The summed E-state index contributed by atoms with van der Waals surface area (Å²) in [7, 11) is 0. The molecule has 1 nitrogen and oxygen atoms in total. The molecule has 0 aromatic heterocycles. The minimum atomic E-state index is 0. The van der Waals surface area contributed by atoms with Crippen molar-refractivity contribution >= 4 is 5.69 Å². The number of anilines is 1. The zero-order chi connectivity index (χ0) is 5.98. The predicted octanol–water partition coefficient (Wildman–Crippen LogP) is -4.19. The van der Waals surface area contributed by atoms with E-state index < -0.39 is 0 Å². The first-order chi connectivity index (χ1) is 3.80. The third-order valence-electron chi connectivity index (χ3n) is 1.19. The number of nitrogens with two attached hydrogens (primary N) is 1. The van der Waals surface area contributed by atoms with E-state index in [1.165, 1.54) is 0 Å². The molecule has 46 valence electrons. The summed E-state index contributed by atoms with van der Waals surface area (Å²) >= 11 is 0. The summed E-state index contributed by atoms with van der Waals surface area (Å²) < 4.78 is 0. The maximum atomic E-state index is 5.52. The molecule has 0 aliphatic carbocycles. The molecule has 3 heteroatoms. The van der Waals surface area contributed by atoms with Crippen molar-refractivity contribution < 1.29 is 62.0 Å².